The molecule has 0 aromatic heterocycles. The Balaban J connectivity index is 2.99. The molecule has 4 heteroatoms. The lowest BCUT2D eigenvalue weighted by atomic mass is 10.1. The molecular formula is C10H10ClFO2. The highest BCUT2D eigenvalue weighted by molar-refractivity contribution is 6.19. The van der Waals surface area contributed by atoms with Crippen LogP contribution >= 0.6 is 11.6 Å². The SMILES string of the molecule is COc1ccc(F)c(C(=O)CCCl)c1. The van der Waals surface area contributed by atoms with Crippen LogP contribution in [0.25, 0.3) is 0 Å². The minimum atomic E-state index is -0.541. The van der Waals surface area contributed by atoms with Crippen LogP contribution in [0.1, 0.15) is 16.8 Å². The van der Waals surface area contributed by atoms with E-state index in [4.69, 9.17) is 16.3 Å². The summed E-state index contributed by atoms with van der Waals surface area (Å²) in [5.41, 5.74) is 0.0324. The van der Waals surface area contributed by atoms with Gasteiger partial charge in [-0.1, -0.05) is 0 Å². The van der Waals surface area contributed by atoms with Crippen LogP contribution in [0.5, 0.6) is 5.75 Å². The molecule has 0 amide bonds. The Kier molecular flexibility index (Phi) is 3.89. The average molecular weight is 217 g/mol. The van der Waals surface area contributed by atoms with Crippen LogP contribution in [-0.2, 0) is 0 Å². The molecule has 0 bridgehead atoms. The Morgan fingerprint density at radius 1 is 1.57 bits per heavy atom. The number of ether oxygens (including phenoxy) is 1. The third kappa shape index (κ3) is 2.45. The molecule has 0 saturated carbocycles. The van der Waals surface area contributed by atoms with Gasteiger partial charge in [-0.05, 0) is 18.2 Å². The van der Waals surface area contributed by atoms with Gasteiger partial charge in [0.15, 0.2) is 5.78 Å². The average Bonchev–Trinajstić information content (AvgIpc) is 2.19. The Morgan fingerprint density at radius 2 is 2.29 bits per heavy atom. The maximum atomic E-state index is 13.2. The predicted octanol–water partition coefficient (Wildman–Crippen LogP) is 2.65. The summed E-state index contributed by atoms with van der Waals surface area (Å²) in [7, 11) is 1.46. The normalized spacial score (nSPS) is 9.93. The highest BCUT2D eigenvalue weighted by Crippen LogP contribution is 2.17. The summed E-state index contributed by atoms with van der Waals surface area (Å²) in [5, 5.41) is 0. The highest BCUT2D eigenvalue weighted by atomic mass is 35.5. The molecule has 0 aliphatic carbocycles. The Hall–Kier alpha value is -1.09. The lowest BCUT2D eigenvalue weighted by molar-refractivity contribution is 0.0985. The first-order valence-electron chi connectivity index (χ1n) is 4.11. The highest BCUT2D eigenvalue weighted by Gasteiger charge is 2.11. The van der Waals surface area contributed by atoms with E-state index in [0.717, 1.165) is 0 Å². The fraction of sp³-hybridized carbons (Fsp3) is 0.300. The van der Waals surface area contributed by atoms with Gasteiger partial charge in [0.05, 0.1) is 12.7 Å². The van der Waals surface area contributed by atoms with Crippen LogP contribution in [-0.4, -0.2) is 18.8 Å². The van der Waals surface area contributed by atoms with Crippen molar-refractivity contribution in [1.82, 2.24) is 0 Å². The van der Waals surface area contributed by atoms with Crippen LogP contribution in [0, 0.1) is 5.82 Å². The van der Waals surface area contributed by atoms with Crippen molar-refractivity contribution in [2.24, 2.45) is 0 Å². The van der Waals surface area contributed by atoms with Gasteiger partial charge in [-0.15, -0.1) is 11.6 Å². The third-order valence-corrected chi connectivity index (χ3v) is 1.98. The second-order valence-corrected chi connectivity index (χ2v) is 3.09. The molecule has 2 nitrogen and oxygen atoms in total. The maximum absolute atomic E-state index is 13.2. The van der Waals surface area contributed by atoms with E-state index in [1.165, 1.54) is 25.3 Å². The molecule has 1 aromatic carbocycles. The van der Waals surface area contributed by atoms with E-state index in [2.05, 4.69) is 0 Å². The number of hydrogen-bond acceptors (Lipinski definition) is 2. The maximum Gasteiger partial charge on any atom is 0.167 e. The van der Waals surface area contributed by atoms with Gasteiger partial charge in [0.2, 0.25) is 0 Å². The largest absolute Gasteiger partial charge is 0.497 e. The summed E-state index contributed by atoms with van der Waals surface area (Å²) in [5.74, 6) is -0.197. The zero-order valence-corrected chi connectivity index (χ0v) is 8.47. The molecule has 0 aliphatic rings. The van der Waals surface area contributed by atoms with Crippen molar-refractivity contribution < 1.29 is 13.9 Å². The van der Waals surface area contributed by atoms with Gasteiger partial charge in [0.25, 0.3) is 0 Å². The van der Waals surface area contributed by atoms with Crippen molar-refractivity contribution in [3.63, 3.8) is 0 Å². The molecule has 0 N–H and O–H groups in total. The minimum Gasteiger partial charge on any atom is -0.497 e. The van der Waals surface area contributed by atoms with Crippen molar-refractivity contribution in [3.8, 4) is 5.75 Å². The van der Waals surface area contributed by atoms with E-state index in [1.807, 2.05) is 0 Å². The molecule has 0 saturated heterocycles. The lowest BCUT2D eigenvalue weighted by Gasteiger charge is -2.04. The molecule has 0 unspecified atom stereocenters. The first-order valence-corrected chi connectivity index (χ1v) is 4.65. The van der Waals surface area contributed by atoms with Crippen LogP contribution in [0.15, 0.2) is 18.2 Å². The third-order valence-electron chi connectivity index (χ3n) is 1.80. The fourth-order valence-electron chi connectivity index (χ4n) is 1.07. The van der Waals surface area contributed by atoms with E-state index < -0.39 is 5.82 Å². The van der Waals surface area contributed by atoms with Crippen LogP contribution in [0.2, 0.25) is 0 Å². The Morgan fingerprint density at radius 3 is 2.86 bits per heavy atom. The van der Waals surface area contributed by atoms with E-state index in [9.17, 15) is 9.18 Å². The molecule has 0 fully saturated rings. The fourth-order valence-corrected chi connectivity index (χ4v) is 1.24. The summed E-state index contributed by atoms with van der Waals surface area (Å²) in [4.78, 5) is 11.4. The number of hydrogen-bond donors (Lipinski definition) is 0. The summed E-state index contributed by atoms with van der Waals surface area (Å²) >= 11 is 5.40. The van der Waals surface area contributed by atoms with Gasteiger partial charge in [-0.3, -0.25) is 4.79 Å². The summed E-state index contributed by atoms with van der Waals surface area (Å²) in [6.07, 6.45) is 0.131. The van der Waals surface area contributed by atoms with Crippen LogP contribution in [0.3, 0.4) is 0 Å². The predicted molar refractivity (Wildman–Crippen MR) is 52.6 cm³/mol. The molecule has 1 rings (SSSR count). The zero-order chi connectivity index (χ0) is 10.6. The second kappa shape index (κ2) is 4.96. The quantitative estimate of drug-likeness (QED) is 0.571. The number of carbonyl (C=O) groups is 1. The van der Waals surface area contributed by atoms with Gasteiger partial charge < -0.3 is 4.74 Å². The number of rotatable bonds is 4. The topological polar surface area (TPSA) is 26.3 Å². The van der Waals surface area contributed by atoms with Gasteiger partial charge in [0.1, 0.15) is 11.6 Å². The first kappa shape index (κ1) is 11.0. The van der Waals surface area contributed by atoms with Gasteiger partial charge >= 0.3 is 0 Å². The van der Waals surface area contributed by atoms with E-state index in [-0.39, 0.29) is 23.6 Å². The number of alkyl halides is 1. The molecule has 0 heterocycles. The molecule has 0 spiro atoms. The first-order chi connectivity index (χ1) is 6.69. The van der Waals surface area contributed by atoms with E-state index >= 15 is 0 Å². The van der Waals surface area contributed by atoms with E-state index in [0.29, 0.717) is 5.75 Å². The molecule has 0 aliphatic heterocycles. The monoisotopic (exact) mass is 216 g/mol. The van der Waals surface area contributed by atoms with E-state index in [1.54, 1.807) is 0 Å². The van der Waals surface area contributed by atoms with Crippen molar-refractivity contribution in [2.45, 2.75) is 6.42 Å². The van der Waals surface area contributed by atoms with Gasteiger partial charge in [-0.2, -0.15) is 0 Å². The van der Waals surface area contributed by atoms with Crippen molar-refractivity contribution in [3.05, 3.63) is 29.6 Å². The number of Topliss-reactive ketones (excluding diaryl/α,β-unsaturated/α-hetero) is 1. The molecule has 14 heavy (non-hydrogen) atoms. The molecule has 1 aromatic rings. The Labute approximate surface area is 86.6 Å². The zero-order valence-electron chi connectivity index (χ0n) is 7.72. The number of carbonyl (C=O) groups excluding carboxylic acids is 1. The molecule has 76 valence electrons. The molecular weight excluding hydrogens is 207 g/mol. The van der Waals surface area contributed by atoms with Crippen molar-refractivity contribution in [2.75, 3.05) is 13.0 Å². The number of ketones is 1. The molecule has 0 radical (unpaired) electrons. The number of halogens is 2. The Bertz CT molecular complexity index is 339. The van der Waals surface area contributed by atoms with Crippen molar-refractivity contribution >= 4 is 17.4 Å². The standard InChI is InChI=1S/C10H10ClFO2/c1-14-7-2-3-9(12)8(6-7)10(13)4-5-11/h2-3,6H,4-5H2,1H3. The van der Waals surface area contributed by atoms with Crippen LogP contribution in [0.4, 0.5) is 4.39 Å². The molecule has 0 atom stereocenters. The number of benzene rings is 1. The summed E-state index contributed by atoms with van der Waals surface area (Å²) in [6.45, 7) is 0. The van der Waals surface area contributed by atoms with Crippen molar-refractivity contribution in [1.29, 1.82) is 0 Å². The summed E-state index contributed by atoms with van der Waals surface area (Å²) in [6, 6.07) is 4.05. The van der Waals surface area contributed by atoms with Crippen LogP contribution < -0.4 is 4.74 Å². The second-order valence-electron chi connectivity index (χ2n) is 2.71. The lowest BCUT2D eigenvalue weighted by Crippen LogP contribution is -2.03. The van der Waals surface area contributed by atoms with Gasteiger partial charge in [-0.25, -0.2) is 4.39 Å². The summed E-state index contributed by atoms with van der Waals surface area (Å²) < 4.78 is 18.0. The number of methoxy groups -OCH3 is 1. The minimum absolute atomic E-state index is 0.0324. The smallest absolute Gasteiger partial charge is 0.167 e. The van der Waals surface area contributed by atoms with Gasteiger partial charge in [0, 0.05) is 12.3 Å².